The van der Waals surface area contributed by atoms with Gasteiger partial charge in [-0.25, -0.2) is 0 Å². The molecule has 0 heterocycles. The van der Waals surface area contributed by atoms with Gasteiger partial charge in [-0.05, 0) is 13.0 Å². The van der Waals surface area contributed by atoms with Crippen LogP contribution in [0.25, 0.3) is 0 Å². The lowest BCUT2D eigenvalue weighted by molar-refractivity contribution is 0.0147. The predicted octanol–water partition coefficient (Wildman–Crippen LogP) is -0.00460. The Morgan fingerprint density at radius 2 is 2.10 bits per heavy atom. The molecule has 10 heavy (non-hydrogen) atoms. The van der Waals surface area contributed by atoms with Crippen molar-refractivity contribution in [2.24, 2.45) is 5.73 Å². The first-order valence-corrected chi connectivity index (χ1v) is 3.88. The van der Waals surface area contributed by atoms with Crippen LogP contribution in [0.4, 0.5) is 0 Å². The fourth-order valence-corrected chi connectivity index (χ4v) is 0.954. The van der Waals surface area contributed by atoms with E-state index in [1.165, 1.54) is 0 Å². The molecule has 3 nitrogen and oxygen atoms in total. The lowest BCUT2D eigenvalue weighted by Gasteiger charge is -2.24. The monoisotopic (exact) mass is 146 g/mol. The topological polar surface area (TPSA) is 49.5 Å². The normalized spacial score (nSPS) is 14.1. The Kier molecular flexibility index (Phi) is 5.58. The van der Waals surface area contributed by atoms with Crippen molar-refractivity contribution in [3.63, 3.8) is 0 Å². The maximum atomic E-state index is 9.25. The van der Waals surface area contributed by atoms with E-state index in [9.17, 15) is 5.11 Å². The Morgan fingerprint density at radius 1 is 1.50 bits per heavy atom. The third-order valence-electron chi connectivity index (χ3n) is 1.55. The second-order valence-corrected chi connectivity index (χ2v) is 2.34. The van der Waals surface area contributed by atoms with Gasteiger partial charge in [0, 0.05) is 13.1 Å². The number of rotatable bonds is 5. The second-order valence-electron chi connectivity index (χ2n) is 2.34. The highest BCUT2D eigenvalue weighted by Crippen LogP contribution is 1.94. The molecule has 0 saturated heterocycles. The van der Waals surface area contributed by atoms with E-state index in [1.54, 1.807) is 0 Å². The zero-order valence-electron chi connectivity index (χ0n) is 6.88. The minimum atomic E-state index is -0.454. The molecular formula is C7H18N2O. The molecule has 0 aliphatic carbocycles. The molecule has 0 fully saturated rings. The van der Waals surface area contributed by atoms with Gasteiger partial charge < -0.3 is 10.8 Å². The molecule has 0 radical (unpaired) electrons. The number of nitrogens with zero attached hydrogens (tertiary/aromatic N) is 1. The summed E-state index contributed by atoms with van der Waals surface area (Å²) >= 11 is 0. The van der Waals surface area contributed by atoms with Gasteiger partial charge in [0.2, 0.25) is 0 Å². The molecule has 1 atom stereocenters. The first-order valence-electron chi connectivity index (χ1n) is 3.88. The van der Waals surface area contributed by atoms with Crippen LogP contribution in [0.15, 0.2) is 0 Å². The quantitative estimate of drug-likeness (QED) is 0.537. The third kappa shape index (κ3) is 3.15. The molecule has 3 N–H and O–H groups in total. The van der Waals surface area contributed by atoms with Crippen molar-refractivity contribution in [3.05, 3.63) is 0 Å². The molecule has 0 amide bonds. The van der Waals surface area contributed by atoms with Crippen LogP contribution in [-0.4, -0.2) is 35.9 Å². The molecule has 0 aromatic heterocycles. The first kappa shape index (κ1) is 9.88. The summed E-state index contributed by atoms with van der Waals surface area (Å²) in [5.74, 6) is 0. The number of aliphatic hydroxyl groups excluding tert-OH is 1. The van der Waals surface area contributed by atoms with E-state index in [-0.39, 0.29) is 0 Å². The predicted molar refractivity (Wildman–Crippen MR) is 42.6 cm³/mol. The molecule has 0 saturated carbocycles. The Hall–Kier alpha value is -0.120. The minimum Gasteiger partial charge on any atom is -0.377 e. The van der Waals surface area contributed by atoms with Crippen LogP contribution in [0.1, 0.15) is 20.3 Å². The highest BCUT2D eigenvalue weighted by atomic mass is 16.3. The smallest absolute Gasteiger partial charge is 0.119 e. The van der Waals surface area contributed by atoms with Crippen molar-refractivity contribution in [2.75, 3.05) is 19.6 Å². The van der Waals surface area contributed by atoms with Crippen LogP contribution in [0.3, 0.4) is 0 Å². The summed E-state index contributed by atoms with van der Waals surface area (Å²) in [4.78, 5) is 1.96. The van der Waals surface area contributed by atoms with Gasteiger partial charge in [0.15, 0.2) is 0 Å². The Morgan fingerprint density at radius 3 is 2.40 bits per heavy atom. The number of nitrogens with two attached hydrogens (primary N) is 1. The summed E-state index contributed by atoms with van der Waals surface area (Å²) in [6.07, 6.45) is 0.607. The van der Waals surface area contributed by atoms with Crippen LogP contribution in [0, 0.1) is 0 Å². The zero-order chi connectivity index (χ0) is 7.98. The van der Waals surface area contributed by atoms with Gasteiger partial charge in [-0.1, -0.05) is 13.8 Å². The SMILES string of the molecule is CCCN(CC)C(O)CN. The van der Waals surface area contributed by atoms with Crippen molar-refractivity contribution < 1.29 is 5.11 Å². The molecule has 3 heteroatoms. The Balaban J connectivity index is 3.56. The second kappa shape index (κ2) is 5.65. The highest BCUT2D eigenvalue weighted by Gasteiger charge is 2.09. The molecule has 0 spiro atoms. The van der Waals surface area contributed by atoms with Crippen LogP contribution in [0.2, 0.25) is 0 Å². The maximum absolute atomic E-state index is 9.25. The molecule has 0 aliphatic heterocycles. The average Bonchev–Trinajstić information content (AvgIpc) is 1.99. The largest absolute Gasteiger partial charge is 0.377 e. The Labute approximate surface area is 62.8 Å². The standard InChI is InChI=1S/C7H18N2O/c1-3-5-9(4-2)7(10)6-8/h7,10H,3-6,8H2,1-2H3. The summed E-state index contributed by atoms with van der Waals surface area (Å²) in [6, 6.07) is 0. The van der Waals surface area contributed by atoms with Crippen LogP contribution in [-0.2, 0) is 0 Å². The van der Waals surface area contributed by atoms with Crippen molar-refractivity contribution in [3.8, 4) is 0 Å². The van der Waals surface area contributed by atoms with E-state index in [0.717, 1.165) is 19.5 Å². The summed E-state index contributed by atoms with van der Waals surface area (Å²) in [7, 11) is 0. The van der Waals surface area contributed by atoms with Crippen LogP contribution in [0.5, 0.6) is 0 Å². The van der Waals surface area contributed by atoms with Crippen molar-refractivity contribution >= 4 is 0 Å². The van der Waals surface area contributed by atoms with Crippen molar-refractivity contribution in [1.82, 2.24) is 4.90 Å². The van der Waals surface area contributed by atoms with Gasteiger partial charge in [0.05, 0.1) is 0 Å². The average molecular weight is 146 g/mol. The molecule has 0 aromatic rings. The minimum absolute atomic E-state index is 0.327. The number of hydrogen-bond donors (Lipinski definition) is 2. The zero-order valence-corrected chi connectivity index (χ0v) is 6.88. The van der Waals surface area contributed by atoms with Crippen molar-refractivity contribution in [1.29, 1.82) is 0 Å². The maximum Gasteiger partial charge on any atom is 0.119 e. The van der Waals surface area contributed by atoms with Crippen molar-refractivity contribution in [2.45, 2.75) is 26.5 Å². The molecule has 0 aliphatic rings. The molecule has 62 valence electrons. The van der Waals surface area contributed by atoms with Crippen LogP contribution >= 0.6 is 0 Å². The number of likely N-dealkylation sites (N-methyl/N-ethyl adjacent to an activating group) is 1. The van der Waals surface area contributed by atoms with Gasteiger partial charge in [0.25, 0.3) is 0 Å². The lowest BCUT2D eigenvalue weighted by atomic mass is 10.4. The Bertz CT molecular complexity index is 78.0. The summed E-state index contributed by atoms with van der Waals surface area (Å²) in [6.45, 7) is 6.23. The highest BCUT2D eigenvalue weighted by molar-refractivity contribution is 4.58. The molecule has 0 aromatic carbocycles. The van der Waals surface area contributed by atoms with E-state index < -0.39 is 6.23 Å². The van der Waals surface area contributed by atoms with E-state index in [2.05, 4.69) is 6.92 Å². The van der Waals surface area contributed by atoms with Gasteiger partial charge in [-0.2, -0.15) is 0 Å². The lowest BCUT2D eigenvalue weighted by Crippen LogP contribution is -2.40. The van der Waals surface area contributed by atoms with Crippen LogP contribution < -0.4 is 5.73 Å². The number of aliphatic hydroxyl groups is 1. The summed E-state index contributed by atoms with van der Waals surface area (Å²) in [5.41, 5.74) is 5.29. The van der Waals surface area contributed by atoms with Gasteiger partial charge in [-0.3, -0.25) is 4.90 Å². The van der Waals surface area contributed by atoms with E-state index in [0.29, 0.717) is 6.54 Å². The first-order chi connectivity index (χ1) is 4.76. The third-order valence-corrected chi connectivity index (χ3v) is 1.55. The van der Waals surface area contributed by atoms with E-state index >= 15 is 0 Å². The van der Waals surface area contributed by atoms with Gasteiger partial charge in [-0.15, -0.1) is 0 Å². The number of hydrogen-bond acceptors (Lipinski definition) is 3. The van der Waals surface area contributed by atoms with E-state index in [4.69, 9.17) is 5.73 Å². The van der Waals surface area contributed by atoms with Gasteiger partial charge >= 0.3 is 0 Å². The molecule has 0 bridgehead atoms. The van der Waals surface area contributed by atoms with Gasteiger partial charge in [0.1, 0.15) is 6.23 Å². The summed E-state index contributed by atoms with van der Waals surface area (Å²) in [5, 5.41) is 9.25. The fraction of sp³-hybridized carbons (Fsp3) is 1.00. The molecule has 0 rings (SSSR count). The fourth-order valence-electron chi connectivity index (χ4n) is 0.954. The molecular weight excluding hydrogens is 128 g/mol. The summed E-state index contributed by atoms with van der Waals surface area (Å²) < 4.78 is 0. The van der Waals surface area contributed by atoms with E-state index in [1.807, 2.05) is 11.8 Å². The molecule has 1 unspecified atom stereocenters.